The molecule has 27 heavy (non-hydrogen) atoms. The zero-order valence-electron chi connectivity index (χ0n) is 15.3. The van der Waals surface area contributed by atoms with Gasteiger partial charge in [-0.3, -0.25) is 14.8 Å². The van der Waals surface area contributed by atoms with Crippen LogP contribution in [0.5, 0.6) is 5.75 Å². The molecule has 0 saturated carbocycles. The highest BCUT2D eigenvalue weighted by Gasteiger charge is 2.14. The molecular formula is C17H20N6O3S. The van der Waals surface area contributed by atoms with Crippen LogP contribution in [0, 0.1) is 24.0 Å². The molecule has 0 aliphatic rings. The van der Waals surface area contributed by atoms with Gasteiger partial charge in [-0.05, 0) is 44.0 Å². The largest absolute Gasteiger partial charge is 0.486 e. The van der Waals surface area contributed by atoms with Crippen LogP contribution in [-0.2, 0) is 19.0 Å². The molecule has 0 amide bonds. The summed E-state index contributed by atoms with van der Waals surface area (Å²) >= 11 is 1.41. The third kappa shape index (κ3) is 4.45. The molecule has 2 aromatic heterocycles. The van der Waals surface area contributed by atoms with Crippen molar-refractivity contribution in [2.45, 2.75) is 45.0 Å². The van der Waals surface area contributed by atoms with Crippen LogP contribution in [0.25, 0.3) is 0 Å². The van der Waals surface area contributed by atoms with Crippen molar-refractivity contribution in [3.63, 3.8) is 0 Å². The van der Waals surface area contributed by atoms with Crippen LogP contribution in [0.2, 0.25) is 0 Å². The molecule has 0 radical (unpaired) electrons. The van der Waals surface area contributed by atoms with Gasteiger partial charge in [-0.2, -0.15) is 5.10 Å². The van der Waals surface area contributed by atoms with Gasteiger partial charge >= 0.3 is 5.69 Å². The summed E-state index contributed by atoms with van der Waals surface area (Å²) in [6.07, 6.45) is 2.62. The molecule has 3 rings (SSSR count). The molecule has 0 N–H and O–H groups in total. The van der Waals surface area contributed by atoms with E-state index in [9.17, 15) is 10.1 Å². The zero-order chi connectivity index (χ0) is 19.4. The normalized spacial score (nSPS) is 10.9. The van der Waals surface area contributed by atoms with E-state index in [4.69, 9.17) is 4.74 Å². The molecule has 2 heterocycles. The van der Waals surface area contributed by atoms with Gasteiger partial charge in [0, 0.05) is 6.54 Å². The highest BCUT2D eigenvalue weighted by molar-refractivity contribution is 7.98. The van der Waals surface area contributed by atoms with E-state index in [2.05, 4.69) is 22.2 Å². The zero-order valence-corrected chi connectivity index (χ0v) is 16.1. The molecule has 0 aliphatic heterocycles. The van der Waals surface area contributed by atoms with E-state index >= 15 is 0 Å². The minimum Gasteiger partial charge on any atom is -0.486 e. The number of aromatic nitrogens is 5. The molecular weight excluding hydrogens is 368 g/mol. The average molecular weight is 388 g/mol. The van der Waals surface area contributed by atoms with Gasteiger partial charge < -0.3 is 9.30 Å². The van der Waals surface area contributed by atoms with Crippen molar-refractivity contribution < 1.29 is 9.66 Å². The highest BCUT2D eigenvalue weighted by atomic mass is 32.2. The van der Waals surface area contributed by atoms with Crippen LogP contribution in [0.15, 0.2) is 35.7 Å². The van der Waals surface area contributed by atoms with Crippen LogP contribution in [0.3, 0.4) is 0 Å². The average Bonchev–Trinajstić information content (AvgIpc) is 3.27. The number of nitro groups is 1. The molecule has 0 atom stereocenters. The van der Waals surface area contributed by atoms with Gasteiger partial charge in [0.2, 0.25) is 0 Å². The molecule has 9 nitrogen and oxygen atoms in total. The quantitative estimate of drug-likeness (QED) is 0.331. The molecule has 3 aromatic rings. The second-order valence-corrected chi connectivity index (χ2v) is 6.86. The maximum atomic E-state index is 10.7. The van der Waals surface area contributed by atoms with Gasteiger partial charge in [0.05, 0.1) is 10.8 Å². The van der Waals surface area contributed by atoms with E-state index in [0.717, 1.165) is 11.6 Å². The van der Waals surface area contributed by atoms with E-state index < -0.39 is 4.92 Å². The summed E-state index contributed by atoms with van der Waals surface area (Å²) in [7, 11) is 0. The first kappa shape index (κ1) is 18.9. The van der Waals surface area contributed by atoms with E-state index in [1.165, 1.54) is 40.0 Å². The van der Waals surface area contributed by atoms with Gasteiger partial charge in [-0.25, -0.2) is 0 Å². The van der Waals surface area contributed by atoms with Gasteiger partial charge in [-0.1, -0.05) is 17.8 Å². The molecule has 10 heteroatoms. The first-order chi connectivity index (χ1) is 13.0. The summed E-state index contributed by atoms with van der Waals surface area (Å²) in [5.41, 5.74) is 2.36. The summed E-state index contributed by atoms with van der Waals surface area (Å²) in [6.45, 7) is 7.12. The fourth-order valence-electron chi connectivity index (χ4n) is 2.44. The molecule has 0 spiro atoms. The minimum absolute atomic E-state index is 0.0324. The van der Waals surface area contributed by atoms with Crippen LogP contribution in [0.1, 0.15) is 23.9 Å². The number of benzene rings is 1. The summed E-state index contributed by atoms with van der Waals surface area (Å²) in [4.78, 5) is 10.3. The fourth-order valence-corrected chi connectivity index (χ4v) is 3.32. The van der Waals surface area contributed by atoms with Gasteiger partial charge in [-0.15, -0.1) is 10.2 Å². The van der Waals surface area contributed by atoms with Crippen LogP contribution < -0.4 is 4.74 Å². The third-order valence-electron chi connectivity index (χ3n) is 4.11. The summed E-state index contributed by atoms with van der Waals surface area (Å²) in [5.74, 6) is 1.93. The molecule has 0 saturated heterocycles. The van der Waals surface area contributed by atoms with E-state index in [1.807, 2.05) is 36.6 Å². The Morgan fingerprint density at radius 1 is 1.26 bits per heavy atom. The summed E-state index contributed by atoms with van der Waals surface area (Å²) in [6, 6.07) is 5.97. The van der Waals surface area contributed by atoms with Crippen molar-refractivity contribution >= 4 is 17.4 Å². The van der Waals surface area contributed by atoms with Gasteiger partial charge in [0.25, 0.3) is 0 Å². The molecule has 1 aromatic carbocycles. The van der Waals surface area contributed by atoms with E-state index in [1.54, 1.807) is 0 Å². The lowest BCUT2D eigenvalue weighted by atomic mass is 10.1. The Morgan fingerprint density at radius 2 is 2.07 bits per heavy atom. The first-order valence-corrected chi connectivity index (χ1v) is 9.38. The molecule has 0 aliphatic carbocycles. The van der Waals surface area contributed by atoms with Crippen LogP contribution in [0.4, 0.5) is 5.69 Å². The Bertz CT molecular complexity index is 952. The smallest absolute Gasteiger partial charge is 0.307 e. The summed E-state index contributed by atoms with van der Waals surface area (Å²) in [5, 5.41) is 23.8. The lowest BCUT2D eigenvalue weighted by Gasteiger charge is -2.10. The van der Waals surface area contributed by atoms with Crippen molar-refractivity contribution in [2.24, 2.45) is 0 Å². The lowest BCUT2D eigenvalue weighted by molar-refractivity contribution is -0.385. The Kier molecular flexibility index (Phi) is 5.75. The van der Waals surface area contributed by atoms with E-state index in [-0.39, 0.29) is 5.69 Å². The Labute approximate surface area is 160 Å². The number of hydrogen-bond donors (Lipinski definition) is 0. The fraction of sp³-hybridized carbons (Fsp3) is 0.353. The second-order valence-electron chi connectivity index (χ2n) is 5.95. The number of aryl methyl sites for hydroxylation is 2. The second kappa shape index (κ2) is 8.21. The van der Waals surface area contributed by atoms with Gasteiger partial charge in [0.15, 0.2) is 11.0 Å². The van der Waals surface area contributed by atoms with Crippen molar-refractivity contribution in [3.05, 3.63) is 57.7 Å². The molecule has 142 valence electrons. The standard InChI is InChI=1S/C17H20N6O3S/c1-4-22-16(10-26-15-6-5-12(2)13(3)7-15)19-20-17(22)27-11-21-9-14(8-18-21)23(24)25/h5-9H,4,10-11H2,1-3H3. The predicted octanol–water partition coefficient (Wildman–Crippen LogP) is 3.35. The predicted molar refractivity (Wildman–Crippen MR) is 101 cm³/mol. The number of thioether (sulfide) groups is 1. The maximum Gasteiger partial charge on any atom is 0.307 e. The first-order valence-electron chi connectivity index (χ1n) is 8.39. The number of hydrogen-bond acceptors (Lipinski definition) is 7. The maximum absolute atomic E-state index is 10.7. The Morgan fingerprint density at radius 3 is 2.74 bits per heavy atom. The van der Waals surface area contributed by atoms with E-state index in [0.29, 0.717) is 24.2 Å². The van der Waals surface area contributed by atoms with Crippen molar-refractivity contribution in [1.82, 2.24) is 24.5 Å². The van der Waals surface area contributed by atoms with Crippen LogP contribution in [-0.4, -0.2) is 29.5 Å². The third-order valence-corrected chi connectivity index (χ3v) is 5.07. The number of nitrogens with zero attached hydrogens (tertiary/aromatic N) is 6. The molecule has 0 bridgehead atoms. The monoisotopic (exact) mass is 388 g/mol. The Hall–Kier alpha value is -2.88. The Balaban J connectivity index is 1.64. The van der Waals surface area contributed by atoms with Crippen molar-refractivity contribution in [2.75, 3.05) is 0 Å². The summed E-state index contributed by atoms with van der Waals surface area (Å²) < 4.78 is 9.32. The number of rotatable bonds is 8. The van der Waals surface area contributed by atoms with Crippen LogP contribution >= 0.6 is 11.8 Å². The topological polar surface area (TPSA) is 101 Å². The molecule has 0 fully saturated rings. The van der Waals surface area contributed by atoms with Gasteiger partial charge in [0.1, 0.15) is 24.8 Å². The highest BCUT2D eigenvalue weighted by Crippen LogP contribution is 2.22. The lowest BCUT2D eigenvalue weighted by Crippen LogP contribution is -2.07. The number of ether oxygens (including phenoxy) is 1. The molecule has 0 unspecified atom stereocenters. The minimum atomic E-state index is -0.467. The van der Waals surface area contributed by atoms with Crippen molar-refractivity contribution in [3.8, 4) is 5.75 Å². The van der Waals surface area contributed by atoms with Crippen molar-refractivity contribution in [1.29, 1.82) is 0 Å². The SMILES string of the molecule is CCn1c(COc2ccc(C)c(C)c2)nnc1SCn1cc([N+](=O)[O-])cn1.